The minimum absolute atomic E-state index is 0.225. The van der Waals surface area contributed by atoms with E-state index in [-0.39, 0.29) is 6.10 Å². The normalized spacial score (nSPS) is 19.9. The summed E-state index contributed by atoms with van der Waals surface area (Å²) in [5.74, 6) is 0.441. The molecule has 1 atom stereocenters. The molecular weight excluding hydrogens is 202 g/mol. The molecule has 2 rings (SSSR count). The van der Waals surface area contributed by atoms with Crippen molar-refractivity contribution in [2.75, 3.05) is 13.1 Å². The van der Waals surface area contributed by atoms with Crippen molar-refractivity contribution in [3.05, 3.63) is 17.5 Å². The van der Waals surface area contributed by atoms with Crippen LogP contribution in [-0.2, 0) is 13.5 Å². The van der Waals surface area contributed by atoms with E-state index in [2.05, 4.69) is 16.5 Å². The summed E-state index contributed by atoms with van der Waals surface area (Å²) in [6.07, 6.45) is 2.66. The number of aryl methyl sites for hydroxylation is 2. The molecule has 90 valence electrons. The third-order valence-corrected chi connectivity index (χ3v) is 3.45. The average molecular weight is 223 g/mol. The maximum absolute atomic E-state index is 10.2. The Labute approximate surface area is 96.7 Å². The molecule has 16 heavy (non-hydrogen) atoms. The third kappa shape index (κ3) is 2.62. The second-order valence-corrected chi connectivity index (χ2v) is 4.76. The van der Waals surface area contributed by atoms with Gasteiger partial charge in [0.25, 0.3) is 0 Å². The topological polar surface area (TPSA) is 50.1 Å². The molecule has 1 unspecified atom stereocenters. The number of aromatic nitrogens is 2. The van der Waals surface area contributed by atoms with Crippen molar-refractivity contribution in [1.82, 2.24) is 15.1 Å². The predicted molar refractivity (Wildman–Crippen MR) is 63.2 cm³/mol. The van der Waals surface area contributed by atoms with Gasteiger partial charge in [0.2, 0.25) is 0 Å². The van der Waals surface area contributed by atoms with Crippen molar-refractivity contribution in [3.63, 3.8) is 0 Å². The van der Waals surface area contributed by atoms with Gasteiger partial charge in [0, 0.05) is 19.2 Å². The Kier molecular flexibility index (Phi) is 3.61. The standard InChI is InChI=1S/C12H21N3O/c1-9-7-11(15(2)14-9)8-12(16)10-3-5-13-6-4-10/h7,10,12-13,16H,3-6,8H2,1-2H3. The fourth-order valence-corrected chi connectivity index (χ4v) is 2.47. The van der Waals surface area contributed by atoms with Gasteiger partial charge in [-0.05, 0) is 44.8 Å². The highest BCUT2D eigenvalue weighted by Crippen LogP contribution is 2.19. The molecule has 1 aliphatic rings. The van der Waals surface area contributed by atoms with E-state index in [0.717, 1.165) is 43.7 Å². The first-order valence-electron chi connectivity index (χ1n) is 6.05. The van der Waals surface area contributed by atoms with Crippen molar-refractivity contribution in [3.8, 4) is 0 Å². The molecule has 2 N–H and O–H groups in total. The number of nitrogens with zero attached hydrogens (tertiary/aromatic N) is 2. The number of hydrogen-bond donors (Lipinski definition) is 2. The quantitative estimate of drug-likeness (QED) is 0.790. The molecule has 4 heteroatoms. The molecule has 1 aromatic rings. The highest BCUT2D eigenvalue weighted by Gasteiger charge is 2.22. The van der Waals surface area contributed by atoms with Gasteiger partial charge in [0.1, 0.15) is 0 Å². The molecule has 1 saturated heterocycles. The maximum atomic E-state index is 10.2. The molecule has 1 fully saturated rings. The van der Waals surface area contributed by atoms with Crippen LogP contribution in [0.2, 0.25) is 0 Å². The molecule has 1 aromatic heterocycles. The van der Waals surface area contributed by atoms with E-state index in [1.807, 2.05) is 18.7 Å². The highest BCUT2D eigenvalue weighted by molar-refractivity contribution is 5.09. The molecule has 1 aliphatic heterocycles. The third-order valence-electron chi connectivity index (χ3n) is 3.45. The fourth-order valence-electron chi connectivity index (χ4n) is 2.47. The lowest BCUT2D eigenvalue weighted by molar-refractivity contribution is 0.0874. The Morgan fingerprint density at radius 2 is 2.25 bits per heavy atom. The van der Waals surface area contributed by atoms with E-state index in [4.69, 9.17) is 0 Å². The average Bonchev–Trinajstić information content (AvgIpc) is 2.59. The van der Waals surface area contributed by atoms with E-state index in [0.29, 0.717) is 5.92 Å². The fraction of sp³-hybridized carbons (Fsp3) is 0.750. The van der Waals surface area contributed by atoms with Gasteiger partial charge in [0.05, 0.1) is 11.8 Å². The Bertz CT molecular complexity index is 342. The molecule has 0 spiro atoms. The van der Waals surface area contributed by atoms with Gasteiger partial charge in [-0.3, -0.25) is 4.68 Å². The van der Waals surface area contributed by atoms with E-state index in [1.54, 1.807) is 0 Å². The molecule has 0 amide bonds. The number of nitrogens with one attached hydrogen (secondary N) is 1. The van der Waals surface area contributed by atoms with Crippen molar-refractivity contribution < 1.29 is 5.11 Å². The first-order valence-corrected chi connectivity index (χ1v) is 6.05. The molecule has 0 aliphatic carbocycles. The van der Waals surface area contributed by atoms with Gasteiger partial charge in [-0.1, -0.05) is 0 Å². The highest BCUT2D eigenvalue weighted by atomic mass is 16.3. The lowest BCUT2D eigenvalue weighted by atomic mass is 9.90. The molecule has 0 bridgehead atoms. The Balaban J connectivity index is 1.95. The number of aliphatic hydroxyl groups excluding tert-OH is 1. The zero-order chi connectivity index (χ0) is 11.5. The first-order chi connectivity index (χ1) is 7.66. The SMILES string of the molecule is Cc1cc(CC(O)C2CCNCC2)n(C)n1. The van der Waals surface area contributed by atoms with Crippen LogP contribution >= 0.6 is 0 Å². The van der Waals surface area contributed by atoms with E-state index in [1.165, 1.54) is 0 Å². The van der Waals surface area contributed by atoms with Crippen molar-refractivity contribution in [1.29, 1.82) is 0 Å². The van der Waals surface area contributed by atoms with Crippen molar-refractivity contribution in [2.45, 2.75) is 32.3 Å². The lowest BCUT2D eigenvalue weighted by Crippen LogP contribution is -2.35. The van der Waals surface area contributed by atoms with Gasteiger partial charge in [-0.25, -0.2) is 0 Å². The van der Waals surface area contributed by atoms with Crippen LogP contribution in [0.1, 0.15) is 24.2 Å². The number of hydrogen-bond acceptors (Lipinski definition) is 3. The Hall–Kier alpha value is -0.870. The van der Waals surface area contributed by atoms with Crippen LogP contribution in [0, 0.1) is 12.8 Å². The summed E-state index contributed by atoms with van der Waals surface area (Å²) in [6, 6.07) is 2.06. The molecule has 0 saturated carbocycles. The lowest BCUT2D eigenvalue weighted by Gasteiger charge is -2.27. The monoisotopic (exact) mass is 223 g/mol. The zero-order valence-corrected chi connectivity index (χ0v) is 10.1. The van der Waals surface area contributed by atoms with Gasteiger partial charge in [0.15, 0.2) is 0 Å². The molecule has 0 radical (unpaired) electrons. The number of aliphatic hydroxyl groups is 1. The molecular formula is C12H21N3O. The van der Waals surface area contributed by atoms with Crippen LogP contribution in [0.15, 0.2) is 6.07 Å². The van der Waals surface area contributed by atoms with Crippen LogP contribution in [0.4, 0.5) is 0 Å². The summed E-state index contributed by atoms with van der Waals surface area (Å²) in [5.41, 5.74) is 2.15. The summed E-state index contributed by atoms with van der Waals surface area (Å²) in [4.78, 5) is 0. The second-order valence-electron chi connectivity index (χ2n) is 4.76. The summed E-state index contributed by atoms with van der Waals surface area (Å²) in [6.45, 7) is 4.05. The van der Waals surface area contributed by atoms with Gasteiger partial charge < -0.3 is 10.4 Å². The largest absolute Gasteiger partial charge is 0.392 e. The van der Waals surface area contributed by atoms with Crippen LogP contribution in [-0.4, -0.2) is 34.1 Å². The summed E-state index contributed by atoms with van der Waals surface area (Å²) >= 11 is 0. The van der Waals surface area contributed by atoms with Gasteiger partial charge in [-0.15, -0.1) is 0 Å². The minimum atomic E-state index is -0.225. The second kappa shape index (κ2) is 4.97. The minimum Gasteiger partial charge on any atom is -0.392 e. The van der Waals surface area contributed by atoms with E-state index >= 15 is 0 Å². The van der Waals surface area contributed by atoms with Crippen LogP contribution in [0.3, 0.4) is 0 Å². The van der Waals surface area contributed by atoms with E-state index in [9.17, 15) is 5.11 Å². The Morgan fingerprint density at radius 3 is 2.81 bits per heavy atom. The summed E-state index contributed by atoms with van der Waals surface area (Å²) < 4.78 is 1.87. The van der Waals surface area contributed by atoms with Crippen LogP contribution in [0.25, 0.3) is 0 Å². The summed E-state index contributed by atoms with van der Waals surface area (Å²) in [7, 11) is 1.94. The van der Waals surface area contributed by atoms with Crippen LogP contribution in [0.5, 0.6) is 0 Å². The van der Waals surface area contributed by atoms with E-state index < -0.39 is 0 Å². The van der Waals surface area contributed by atoms with Gasteiger partial charge in [-0.2, -0.15) is 5.10 Å². The zero-order valence-electron chi connectivity index (χ0n) is 10.1. The molecule has 2 heterocycles. The number of piperidine rings is 1. The molecule has 0 aromatic carbocycles. The number of rotatable bonds is 3. The maximum Gasteiger partial charge on any atom is 0.0624 e. The predicted octanol–water partition coefficient (Wildman–Crippen LogP) is 0.632. The van der Waals surface area contributed by atoms with Gasteiger partial charge >= 0.3 is 0 Å². The first kappa shape index (κ1) is 11.6. The summed E-state index contributed by atoms with van der Waals surface area (Å²) in [5, 5.41) is 17.8. The Morgan fingerprint density at radius 1 is 1.56 bits per heavy atom. The molecule has 4 nitrogen and oxygen atoms in total. The van der Waals surface area contributed by atoms with Crippen molar-refractivity contribution in [2.24, 2.45) is 13.0 Å². The smallest absolute Gasteiger partial charge is 0.0624 e. The van der Waals surface area contributed by atoms with Crippen molar-refractivity contribution >= 4 is 0 Å². The van der Waals surface area contributed by atoms with Crippen LogP contribution < -0.4 is 5.32 Å².